The molecule has 132 valence electrons. The maximum Gasteiger partial charge on any atom is 0.355 e. The van der Waals surface area contributed by atoms with E-state index in [2.05, 4.69) is 10.3 Å². The predicted octanol–water partition coefficient (Wildman–Crippen LogP) is 3.36. The first-order valence-corrected chi connectivity index (χ1v) is 10.9. The van der Waals surface area contributed by atoms with E-state index in [1.807, 2.05) is 47.8 Å². The Kier molecular flexibility index (Phi) is 6.39. The summed E-state index contributed by atoms with van der Waals surface area (Å²) in [4.78, 5) is 27.2. The SMILES string of the molecule is O=C(CC1CSCCS1)NCc1cccc(-c2nc(C(=O)O)cs2)c1. The highest BCUT2D eigenvalue weighted by Gasteiger charge is 2.17. The van der Waals surface area contributed by atoms with Gasteiger partial charge in [-0.15, -0.1) is 11.3 Å². The number of aromatic nitrogens is 1. The normalized spacial score (nSPS) is 17.2. The van der Waals surface area contributed by atoms with Crippen molar-refractivity contribution in [2.75, 3.05) is 17.3 Å². The smallest absolute Gasteiger partial charge is 0.355 e. The molecule has 0 aliphatic carbocycles. The molecule has 2 N–H and O–H groups in total. The van der Waals surface area contributed by atoms with Gasteiger partial charge in [-0.05, 0) is 11.6 Å². The topological polar surface area (TPSA) is 79.3 Å². The number of carbonyl (C=O) groups is 2. The average Bonchev–Trinajstić information content (AvgIpc) is 3.12. The summed E-state index contributed by atoms with van der Waals surface area (Å²) in [6.45, 7) is 0.467. The molecule has 1 atom stereocenters. The molecular formula is C17H18N2O3S3. The van der Waals surface area contributed by atoms with Crippen LogP contribution >= 0.6 is 34.9 Å². The number of carboxylic acid groups (broad SMARTS) is 1. The van der Waals surface area contributed by atoms with Crippen molar-refractivity contribution in [2.45, 2.75) is 18.2 Å². The van der Waals surface area contributed by atoms with Crippen molar-refractivity contribution in [3.05, 3.63) is 40.9 Å². The molecular weight excluding hydrogens is 376 g/mol. The Morgan fingerprint density at radius 1 is 1.32 bits per heavy atom. The number of rotatable bonds is 6. The quantitative estimate of drug-likeness (QED) is 0.782. The first-order chi connectivity index (χ1) is 12.1. The van der Waals surface area contributed by atoms with Gasteiger partial charge >= 0.3 is 5.97 Å². The van der Waals surface area contributed by atoms with Gasteiger partial charge < -0.3 is 10.4 Å². The monoisotopic (exact) mass is 394 g/mol. The minimum atomic E-state index is -1.02. The third kappa shape index (κ3) is 5.23. The second kappa shape index (κ2) is 8.73. The predicted molar refractivity (Wildman–Crippen MR) is 105 cm³/mol. The van der Waals surface area contributed by atoms with E-state index < -0.39 is 5.97 Å². The summed E-state index contributed by atoms with van der Waals surface area (Å²) in [5.74, 6) is 2.40. The number of hydrogen-bond donors (Lipinski definition) is 2. The highest BCUT2D eigenvalue weighted by atomic mass is 32.2. The number of aromatic carboxylic acids is 1. The number of thioether (sulfide) groups is 2. The molecule has 1 aromatic carbocycles. The average molecular weight is 395 g/mol. The third-order valence-corrected chi connectivity index (χ3v) is 7.42. The van der Waals surface area contributed by atoms with Gasteiger partial charge in [0.25, 0.3) is 0 Å². The van der Waals surface area contributed by atoms with E-state index in [0.717, 1.165) is 22.6 Å². The van der Waals surface area contributed by atoms with Gasteiger partial charge in [-0.3, -0.25) is 4.79 Å². The molecule has 0 spiro atoms. The van der Waals surface area contributed by atoms with Crippen molar-refractivity contribution < 1.29 is 14.7 Å². The van der Waals surface area contributed by atoms with Crippen molar-refractivity contribution >= 4 is 46.7 Å². The summed E-state index contributed by atoms with van der Waals surface area (Å²) in [6, 6.07) is 7.68. The van der Waals surface area contributed by atoms with Crippen LogP contribution in [0.25, 0.3) is 10.6 Å². The zero-order valence-corrected chi connectivity index (χ0v) is 15.9. The molecule has 5 nitrogen and oxygen atoms in total. The van der Waals surface area contributed by atoms with E-state index in [1.165, 1.54) is 22.5 Å². The van der Waals surface area contributed by atoms with Gasteiger partial charge in [-0.1, -0.05) is 18.2 Å². The van der Waals surface area contributed by atoms with Gasteiger partial charge in [-0.25, -0.2) is 9.78 Å². The van der Waals surface area contributed by atoms with Gasteiger partial charge in [0, 0.05) is 46.4 Å². The number of nitrogens with zero attached hydrogens (tertiary/aromatic N) is 1. The van der Waals surface area contributed by atoms with Crippen LogP contribution in [-0.2, 0) is 11.3 Å². The van der Waals surface area contributed by atoms with E-state index in [4.69, 9.17) is 5.11 Å². The first kappa shape index (κ1) is 18.3. The molecule has 1 aliphatic heterocycles. The summed E-state index contributed by atoms with van der Waals surface area (Å²) in [6.07, 6.45) is 0.561. The summed E-state index contributed by atoms with van der Waals surface area (Å²) in [7, 11) is 0. The van der Waals surface area contributed by atoms with Crippen LogP contribution in [0.3, 0.4) is 0 Å². The number of thiazole rings is 1. The fourth-order valence-electron chi connectivity index (χ4n) is 2.45. The number of nitrogens with one attached hydrogen (secondary N) is 1. The molecule has 25 heavy (non-hydrogen) atoms. The molecule has 3 rings (SSSR count). The lowest BCUT2D eigenvalue weighted by Gasteiger charge is -2.20. The lowest BCUT2D eigenvalue weighted by molar-refractivity contribution is -0.121. The first-order valence-electron chi connectivity index (χ1n) is 7.86. The molecule has 0 saturated carbocycles. The Morgan fingerprint density at radius 3 is 2.92 bits per heavy atom. The third-order valence-electron chi connectivity index (χ3n) is 3.68. The second-order valence-corrected chi connectivity index (χ2v) is 9.01. The molecule has 8 heteroatoms. The maximum absolute atomic E-state index is 12.1. The van der Waals surface area contributed by atoms with Crippen molar-refractivity contribution in [3.8, 4) is 10.6 Å². The van der Waals surface area contributed by atoms with E-state index in [9.17, 15) is 9.59 Å². The van der Waals surface area contributed by atoms with Crippen LogP contribution in [0.5, 0.6) is 0 Å². The number of carbonyl (C=O) groups excluding carboxylic acids is 1. The second-order valence-electron chi connectivity index (χ2n) is 5.59. The molecule has 2 heterocycles. The van der Waals surface area contributed by atoms with E-state index in [-0.39, 0.29) is 11.6 Å². The Hall–Kier alpha value is -1.51. The van der Waals surface area contributed by atoms with Crippen molar-refractivity contribution in [1.29, 1.82) is 0 Å². The minimum Gasteiger partial charge on any atom is -0.476 e. The Morgan fingerprint density at radius 2 is 2.20 bits per heavy atom. The van der Waals surface area contributed by atoms with Gasteiger partial charge in [0.2, 0.25) is 5.91 Å². The van der Waals surface area contributed by atoms with Crippen LogP contribution in [0.2, 0.25) is 0 Å². The molecule has 1 amide bonds. The van der Waals surface area contributed by atoms with Crippen LogP contribution in [0, 0.1) is 0 Å². The maximum atomic E-state index is 12.1. The standard InChI is InChI=1S/C17H18N2O3S3/c20-15(7-13-9-23-4-5-24-13)18-8-11-2-1-3-12(6-11)16-19-14(10-25-16)17(21)22/h1-3,6,10,13H,4-5,7-9H2,(H,18,20)(H,21,22). The van der Waals surface area contributed by atoms with Crippen molar-refractivity contribution in [1.82, 2.24) is 10.3 Å². The van der Waals surface area contributed by atoms with E-state index in [0.29, 0.717) is 23.2 Å². The fraction of sp³-hybridized carbons (Fsp3) is 0.353. The molecule has 0 bridgehead atoms. The molecule has 2 aromatic rings. The number of benzene rings is 1. The molecule has 0 radical (unpaired) electrons. The summed E-state index contributed by atoms with van der Waals surface area (Å²) in [5, 5.41) is 14.6. The van der Waals surface area contributed by atoms with Gasteiger partial charge in [0.05, 0.1) is 0 Å². The summed E-state index contributed by atoms with van der Waals surface area (Å²) < 4.78 is 0. The summed E-state index contributed by atoms with van der Waals surface area (Å²) >= 11 is 5.10. The fourth-order valence-corrected chi connectivity index (χ4v) is 5.92. The molecule has 1 aliphatic rings. The van der Waals surface area contributed by atoms with Crippen molar-refractivity contribution in [3.63, 3.8) is 0 Å². The lowest BCUT2D eigenvalue weighted by Crippen LogP contribution is -2.28. The van der Waals surface area contributed by atoms with Crippen molar-refractivity contribution in [2.24, 2.45) is 0 Å². The Bertz CT molecular complexity index is 757. The number of amides is 1. The zero-order chi connectivity index (χ0) is 17.6. The highest BCUT2D eigenvalue weighted by molar-refractivity contribution is 8.06. The van der Waals surface area contributed by atoms with Crippen LogP contribution < -0.4 is 5.32 Å². The van der Waals surface area contributed by atoms with Crippen LogP contribution in [0.4, 0.5) is 0 Å². The molecule has 1 unspecified atom stereocenters. The number of carboxylic acids is 1. The van der Waals surface area contributed by atoms with E-state index in [1.54, 1.807) is 0 Å². The zero-order valence-electron chi connectivity index (χ0n) is 13.4. The minimum absolute atomic E-state index is 0.0570. The highest BCUT2D eigenvalue weighted by Crippen LogP contribution is 2.26. The molecule has 1 fully saturated rings. The number of hydrogen-bond acceptors (Lipinski definition) is 6. The Labute approximate surface area is 158 Å². The van der Waals surface area contributed by atoms with Gasteiger partial charge in [0.15, 0.2) is 5.69 Å². The van der Waals surface area contributed by atoms with Gasteiger partial charge in [0.1, 0.15) is 5.01 Å². The molecule has 1 saturated heterocycles. The largest absolute Gasteiger partial charge is 0.476 e. The van der Waals surface area contributed by atoms with Crippen LogP contribution in [0.15, 0.2) is 29.6 Å². The van der Waals surface area contributed by atoms with Gasteiger partial charge in [-0.2, -0.15) is 23.5 Å². The Balaban J connectivity index is 1.57. The van der Waals surface area contributed by atoms with Crippen LogP contribution in [-0.4, -0.2) is 44.5 Å². The lowest BCUT2D eigenvalue weighted by atomic mass is 10.1. The van der Waals surface area contributed by atoms with Crippen LogP contribution in [0.1, 0.15) is 22.5 Å². The van der Waals surface area contributed by atoms with E-state index >= 15 is 0 Å². The molecule has 1 aromatic heterocycles. The summed E-state index contributed by atoms with van der Waals surface area (Å²) in [5.41, 5.74) is 1.90.